The van der Waals surface area contributed by atoms with Crippen LogP contribution in [0.1, 0.15) is 33.6 Å². The molecular formula is C9H21N3O. The Morgan fingerprint density at radius 1 is 1.46 bits per heavy atom. The highest BCUT2D eigenvalue weighted by atomic mass is 16.5. The maximum atomic E-state index is 5.32. The van der Waals surface area contributed by atoms with Gasteiger partial charge in [-0.2, -0.15) is 0 Å². The van der Waals surface area contributed by atoms with E-state index in [1.807, 2.05) is 13.8 Å². The van der Waals surface area contributed by atoms with Gasteiger partial charge in [0.25, 0.3) is 0 Å². The average molecular weight is 187 g/mol. The van der Waals surface area contributed by atoms with Crippen molar-refractivity contribution in [2.45, 2.75) is 39.7 Å². The summed E-state index contributed by atoms with van der Waals surface area (Å²) in [7, 11) is 0. The molecule has 0 aliphatic rings. The van der Waals surface area contributed by atoms with Gasteiger partial charge in [-0.1, -0.05) is 6.92 Å². The molecule has 0 saturated heterocycles. The number of hydrogen-bond acceptors (Lipinski definition) is 3. The van der Waals surface area contributed by atoms with Crippen LogP contribution in [0, 0.1) is 0 Å². The molecule has 0 aromatic heterocycles. The highest BCUT2D eigenvalue weighted by Gasteiger charge is 1.97. The molecular weight excluding hydrogens is 166 g/mol. The van der Waals surface area contributed by atoms with E-state index >= 15 is 0 Å². The fourth-order valence-corrected chi connectivity index (χ4v) is 0.901. The largest absolute Gasteiger partial charge is 0.381 e. The van der Waals surface area contributed by atoms with Crippen molar-refractivity contribution < 1.29 is 4.74 Å². The summed E-state index contributed by atoms with van der Waals surface area (Å²) in [4.78, 5) is 4.29. The second-order valence-corrected chi connectivity index (χ2v) is 3.18. The van der Waals surface area contributed by atoms with Crippen LogP contribution in [0.2, 0.25) is 0 Å². The van der Waals surface area contributed by atoms with Gasteiger partial charge in [0.15, 0.2) is 0 Å². The summed E-state index contributed by atoms with van der Waals surface area (Å²) in [5.41, 5.74) is 2.58. The van der Waals surface area contributed by atoms with Crippen LogP contribution in [0.3, 0.4) is 0 Å². The lowest BCUT2D eigenvalue weighted by Gasteiger charge is -2.07. The van der Waals surface area contributed by atoms with Crippen molar-refractivity contribution in [1.29, 1.82) is 0 Å². The van der Waals surface area contributed by atoms with E-state index < -0.39 is 0 Å². The van der Waals surface area contributed by atoms with E-state index in [1.165, 1.54) is 0 Å². The van der Waals surface area contributed by atoms with Gasteiger partial charge < -0.3 is 10.2 Å². The Morgan fingerprint density at radius 3 is 2.62 bits per heavy atom. The third kappa shape index (κ3) is 7.74. The summed E-state index contributed by atoms with van der Waals surface area (Å²) in [5.74, 6) is 6.11. The van der Waals surface area contributed by atoms with Gasteiger partial charge in [-0.3, -0.25) is 4.99 Å². The lowest BCUT2D eigenvalue weighted by atomic mass is 10.3. The Labute approximate surface area is 80.5 Å². The molecule has 4 heteroatoms. The first-order valence-corrected chi connectivity index (χ1v) is 4.81. The predicted molar refractivity (Wildman–Crippen MR) is 55.6 cm³/mol. The number of amidine groups is 1. The summed E-state index contributed by atoms with van der Waals surface area (Å²) >= 11 is 0. The number of hydrazine groups is 1. The van der Waals surface area contributed by atoms with Crippen molar-refractivity contribution in [3.63, 3.8) is 0 Å². The number of nitrogens with zero attached hydrogens (tertiary/aromatic N) is 1. The van der Waals surface area contributed by atoms with Gasteiger partial charge in [0.2, 0.25) is 0 Å². The van der Waals surface area contributed by atoms with E-state index in [0.717, 1.165) is 25.3 Å². The van der Waals surface area contributed by atoms with Crippen molar-refractivity contribution in [1.82, 2.24) is 5.43 Å². The van der Waals surface area contributed by atoms with Crippen LogP contribution in [-0.2, 0) is 4.74 Å². The molecule has 0 heterocycles. The Kier molecular flexibility index (Phi) is 7.63. The highest BCUT2D eigenvalue weighted by molar-refractivity contribution is 5.81. The van der Waals surface area contributed by atoms with Gasteiger partial charge in [0, 0.05) is 19.1 Å². The predicted octanol–water partition coefficient (Wildman–Crippen LogP) is 1.07. The number of nitrogens with one attached hydrogen (secondary N) is 1. The Bertz CT molecular complexity index is 146. The van der Waals surface area contributed by atoms with Gasteiger partial charge in [0.1, 0.15) is 5.84 Å². The van der Waals surface area contributed by atoms with Crippen molar-refractivity contribution in [3.8, 4) is 0 Å². The molecule has 0 bridgehead atoms. The molecule has 0 aliphatic heterocycles. The summed E-state index contributed by atoms with van der Waals surface area (Å²) in [6, 6.07) is 0.275. The van der Waals surface area contributed by atoms with Crippen LogP contribution in [0.5, 0.6) is 0 Å². The van der Waals surface area contributed by atoms with Crippen molar-refractivity contribution >= 4 is 5.84 Å². The maximum Gasteiger partial charge on any atom is 0.113 e. The first-order valence-electron chi connectivity index (χ1n) is 4.81. The first kappa shape index (κ1) is 12.4. The Morgan fingerprint density at radius 2 is 2.15 bits per heavy atom. The summed E-state index contributed by atoms with van der Waals surface area (Å²) in [5, 5.41) is 0. The molecule has 0 aromatic rings. The van der Waals surface area contributed by atoms with Gasteiger partial charge in [-0.15, -0.1) is 0 Å². The molecule has 0 unspecified atom stereocenters. The van der Waals surface area contributed by atoms with Gasteiger partial charge in [0.05, 0.1) is 6.61 Å². The zero-order chi connectivity index (χ0) is 10.1. The molecule has 0 amide bonds. The molecule has 3 N–H and O–H groups in total. The van der Waals surface area contributed by atoms with Gasteiger partial charge in [-0.25, -0.2) is 5.84 Å². The summed E-state index contributed by atoms with van der Waals surface area (Å²) in [6.45, 7) is 7.61. The molecule has 0 radical (unpaired) electrons. The van der Waals surface area contributed by atoms with Gasteiger partial charge in [-0.05, 0) is 20.3 Å². The first-order chi connectivity index (χ1) is 6.20. The minimum Gasteiger partial charge on any atom is -0.381 e. The molecule has 0 fully saturated rings. The number of aliphatic imine (C=N–C) groups is 1. The summed E-state index contributed by atoms with van der Waals surface area (Å²) < 4.78 is 5.32. The van der Waals surface area contributed by atoms with Crippen LogP contribution in [-0.4, -0.2) is 25.1 Å². The Balaban J connectivity index is 3.60. The van der Waals surface area contributed by atoms with E-state index in [4.69, 9.17) is 10.6 Å². The van der Waals surface area contributed by atoms with Crippen LogP contribution in [0.15, 0.2) is 4.99 Å². The zero-order valence-electron chi connectivity index (χ0n) is 8.84. The Hall–Kier alpha value is -0.610. The van der Waals surface area contributed by atoms with E-state index in [-0.39, 0.29) is 6.04 Å². The minimum atomic E-state index is 0.275. The highest BCUT2D eigenvalue weighted by Crippen LogP contribution is 1.91. The number of ether oxygens (including phenoxy) is 1. The summed E-state index contributed by atoms with van der Waals surface area (Å²) in [6.07, 6.45) is 1.81. The molecule has 0 aliphatic carbocycles. The maximum absolute atomic E-state index is 5.32. The third-order valence-corrected chi connectivity index (χ3v) is 1.41. The standard InChI is InChI=1S/C9H21N3O/c1-4-6-13-7-5-9(12-10)11-8(2)3/h8H,4-7,10H2,1-3H3,(H,11,12). The monoisotopic (exact) mass is 187 g/mol. The van der Waals surface area contributed by atoms with E-state index in [0.29, 0.717) is 6.61 Å². The van der Waals surface area contributed by atoms with Crippen molar-refractivity contribution in [3.05, 3.63) is 0 Å². The lowest BCUT2D eigenvalue weighted by molar-refractivity contribution is 0.141. The lowest BCUT2D eigenvalue weighted by Crippen LogP contribution is -2.32. The second-order valence-electron chi connectivity index (χ2n) is 3.18. The molecule has 0 rings (SSSR count). The van der Waals surface area contributed by atoms with Crippen LogP contribution in [0.25, 0.3) is 0 Å². The van der Waals surface area contributed by atoms with Gasteiger partial charge >= 0.3 is 0 Å². The molecule has 0 atom stereocenters. The minimum absolute atomic E-state index is 0.275. The van der Waals surface area contributed by atoms with Crippen molar-refractivity contribution in [2.75, 3.05) is 13.2 Å². The molecule has 78 valence electrons. The molecule has 0 aromatic carbocycles. The zero-order valence-corrected chi connectivity index (χ0v) is 8.84. The fourth-order valence-electron chi connectivity index (χ4n) is 0.901. The number of nitrogens with two attached hydrogens (primary N) is 1. The average Bonchev–Trinajstić information content (AvgIpc) is 2.09. The molecule has 0 spiro atoms. The number of rotatable bonds is 6. The van der Waals surface area contributed by atoms with E-state index in [1.54, 1.807) is 0 Å². The van der Waals surface area contributed by atoms with Crippen molar-refractivity contribution in [2.24, 2.45) is 10.8 Å². The third-order valence-electron chi connectivity index (χ3n) is 1.41. The van der Waals surface area contributed by atoms with E-state index in [2.05, 4.69) is 17.3 Å². The van der Waals surface area contributed by atoms with Crippen LogP contribution in [0.4, 0.5) is 0 Å². The topological polar surface area (TPSA) is 59.6 Å². The van der Waals surface area contributed by atoms with E-state index in [9.17, 15) is 0 Å². The van der Waals surface area contributed by atoms with Crippen LogP contribution >= 0.6 is 0 Å². The normalized spacial score (nSPS) is 12.2. The molecule has 4 nitrogen and oxygen atoms in total. The SMILES string of the molecule is CCCOCCC(=NC(C)C)NN. The quantitative estimate of drug-likeness (QED) is 0.215. The van der Waals surface area contributed by atoms with Crippen LogP contribution < -0.4 is 11.3 Å². The smallest absolute Gasteiger partial charge is 0.113 e. The fraction of sp³-hybridized carbons (Fsp3) is 0.889. The second kappa shape index (κ2) is 8.01. The number of hydrogen-bond donors (Lipinski definition) is 2. The molecule has 13 heavy (non-hydrogen) atoms. The molecule has 0 saturated carbocycles.